The van der Waals surface area contributed by atoms with Gasteiger partial charge in [0.25, 0.3) is 5.91 Å². The Morgan fingerprint density at radius 2 is 1.90 bits per heavy atom. The van der Waals surface area contributed by atoms with Crippen LogP contribution in [0.2, 0.25) is 0 Å². The fourth-order valence-electron chi connectivity index (χ4n) is 2.15. The van der Waals surface area contributed by atoms with Gasteiger partial charge in [0.2, 0.25) is 0 Å². The number of nitrogens with zero attached hydrogens (tertiary/aromatic N) is 1. The fourth-order valence-corrected chi connectivity index (χ4v) is 2.15. The second-order valence-electron chi connectivity index (χ2n) is 4.92. The molecule has 2 rings (SSSR count). The lowest BCUT2D eigenvalue weighted by Crippen LogP contribution is -2.71. The summed E-state index contributed by atoms with van der Waals surface area (Å²) < 4.78 is 5.08. The number of amides is 3. The van der Waals surface area contributed by atoms with Gasteiger partial charge in [-0.2, -0.15) is 0 Å². The molecule has 0 aromatic heterocycles. The van der Waals surface area contributed by atoms with E-state index in [2.05, 4.69) is 0 Å². The molecule has 2 aliphatic rings. The van der Waals surface area contributed by atoms with Gasteiger partial charge < -0.3 is 30.3 Å². The average molecular weight is 292 g/mol. The van der Waals surface area contributed by atoms with Gasteiger partial charge in [0.15, 0.2) is 18.1 Å². The van der Waals surface area contributed by atoms with E-state index in [0.29, 0.717) is 4.90 Å². The summed E-state index contributed by atoms with van der Waals surface area (Å²) in [5, 5.41) is 49.9. The van der Waals surface area contributed by atoms with Gasteiger partial charge in [-0.05, 0) is 6.92 Å². The number of hydrogen-bond acceptors (Lipinski definition) is 8. The fraction of sp³-hybridized carbons (Fsp3) is 0.800. The first-order chi connectivity index (χ1) is 9.21. The zero-order chi connectivity index (χ0) is 15.2. The van der Waals surface area contributed by atoms with Gasteiger partial charge in [0.05, 0.1) is 6.61 Å². The molecule has 2 fully saturated rings. The summed E-state index contributed by atoms with van der Waals surface area (Å²) >= 11 is 0. The number of hydrogen-bond donors (Lipinski definition) is 6. The average Bonchev–Trinajstić information content (AvgIpc) is 2.65. The molecule has 114 valence electrons. The molecule has 6 N–H and O–H groups in total. The van der Waals surface area contributed by atoms with Crippen LogP contribution in [-0.2, 0) is 9.53 Å². The van der Waals surface area contributed by atoms with Crippen molar-refractivity contribution in [1.29, 1.82) is 0 Å². The van der Waals surface area contributed by atoms with Crippen LogP contribution < -0.4 is 5.32 Å². The number of rotatable bonds is 2. The van der Waals surface area contributed by atoms with Gasteiger partial charge in [0.1, 0.15) is 18.3 Å². The number of urea groups is 1. The molecule has 10 nitrogen and oxygen atoms in total. The molecule has 0 bridgehead atoms. The van der Waals surface area contributed by atoms with Crippen molar-refractivity contribution in [2.24, 2.45) is 0 Å². The van der Waals surface area contributed by atoms with Crippen LogP contribution >= 0.6 is 0 Å². The number of aliphatic hydroxyl groups is 5. The molecule has 6 atom stereocenters. The molecule has 2 aliphatic heterocycles. The number of aliphatic hydroxyl groups excluding tert-OH is 4. The highest BCUT2D eigenvalue weighted by Gasteiger charge is 2.56. The predicted molar refractivity (Wildman–Crippen MR) is 59.8 cm³/mol. The van der Waals surface area contributed by atoms with Crippen molar-refractivity contribution >= 4 is 11.9 Å². The van der Waals surface area contributed by atoms with Gasteiger partial charge in [-0.15, -0.1) is 0 Å². The van der Waals surface area contributed by atoms with Crippen LogP contribution in [0.25, 0.3) is 0 Å². The van der Waals surface area contributed by atoms with Crippen LogP contribution in [0.1, 0.15) is 6.92 Å². The van der Waals surface area contributed by atoms with Crippen LogP contribution in [-0.4, -0.2) is 85.3 Å². The van der Waals surface area contributed by atoms with Gasteiger partial charge in [-0.1, -0.05) is 0 Å². The molecule has 0 aliphatic carbocycles. The van der Waals surface area contributed by atoms with Crippen molar-refractivity contribution in [2.75, 3.05) is 6.61 Å². The number of imide groups is 1. The van der Waals surface area contributed by atoms with Gasteiger partial charge in [-0.3, -0.25) is 15.0 Å². The van der Waals surface area contributed by atoms with E-state index in [-0.39, 0.29) is 0 Å². The van der Waals surface area contributed by atoms with Crippen LogP contribution in [0.15, 0.2) is 0 Å². The second kappa shape index (κ2) is 4.91. The van der Waals surface area contributed by atoms with E-state index in [0.717, 1.165) is 6.92 Å². The smallest absolute Gasteiger partial charge is 0.328 e. The van der Waals surface area contributed by atoms with E-state index >= 15 is 0 Å². The zero-order valence-electron chi connectivity index (χ0n) is 10.5. The maximum absolute atomic E-state index is 11.7. The number of ether oxygens (including phenoxy) is 1. The molecule has 3 amide bonds. The van der Waals surface area contributed by atoms with Crippen molar-refractivity contribution in [3.05, 3.63) is 0 Å². The molecule has 10 heteroatoms. The summed E-state index contributed by atoms with van der Waals surface area (Å²) in [5.41, 5.74) is -2.31. The van der Waals surface area contributed by atoms with Crippen molar-refractivity contribution in [2.45, 2.75) is 43.3 Å². The third-order valence-electron chi connectivity index (χ3n) is 3.47. The van der Waals surface area contributed by atoms with Crippen molar-refractivity contribution in [1.82, 2.24) is 10.2 Å². The Kier molecular flexibility index (Phi) is 3.71. The lowest BCUT2D eigenvalue weighted by molar-refractivity contribution is -0.201. The Bertz CT molecular complexity index is 427. The molecule has 20 heavy (non-hydrogen) atoms. The minimum atomic E-state index is -2.31. The molecule has 2 saturated heterocycles. The summed E-state index contributed by atoms with van der Waals surface area (Å²) in [4.78, 5) is 23.6. The van der Waals surface area contributed by atoms with Gasteiger partial charge in [-0.25, -0.2) is 4.79 Å². The Morgan fingerprint density at radius 3 is 2.40 bits per heavy atom. The largest absolute Gasteiger partial charge is 0.394 e. The van der Waals surface area contributed by atoms with E-state index in [4.69, 9.17) is 9.84 Å². The minimum Gasteiger partial charge on any atom is -0.394 e. The van der Waals surface area contributed by atoms with E-state index in [9.17, 15) is 30.0 Å². The molecular formula is C10H16N2O8. The van der Waals surface area contributed by atoms with Crippen molar-refractivity contribution in [3.63, 3.8) is 0 Å². The second-order valence-corrected chi connectivity index (χ2v) is 4.92. The highest BCUT2D eigenvalue weighted by atomic mass is 16.6. The summed E-state index contributed by atoms with van der Waals surface area (Å²) in [6.45, 7) is 0.364. The predicted octanol–water partition coefficient (Wildman–Crippen LogP) is -3.95. The lowest BCUT2D eigenvalue weighted by Gasteiger charge is -2.43. The maximum Gasteiger partial charge on any atom is 0.328 e. The van der Waals surface area contributed by atoms with E-state index in [1.807, 2.05) is 0 Å². The Balaban J connectivity index is 2.28. The van der Waals surface area contributed by atoms with Crippen molar-refractivity contribution in [3.8, 4) is 0 Å². The van der Waals surface area contributed by atoms with Crippen molar-refractivity contribution < 1.29 is 39.9 Å². The summed E-state index contributed by atoms with van der Waals surface area (Å²) in [5.74, 6) is -1.10. The Hall–Kier alpha value is -1.30. The SMILES string of the molecule is C[C@@]1(O)C(=O)NC(=O)N([C@@H]2O[C@H](CO)[C@@H](O)[C@H]2O)[C@@H]1O. The van der Waals surface area contributed by atoms with Gasteiger partial charge in [0, 0.05) is 0 Å². The molecule has 0 aromatic carbocycles. The molecule has 0 unspecified atom stereocenters. The monoisotopic (exact) mass is 292 g/mol. The van der Waals surface area contributed by atoms with Crippen LogP contribution in [0, 0.1) is 0 Å². The Morgan fingerprint density at radius 1 is 1.30 bits per heavy atom. The highest BCUT2D eigenvalue weighted by Crippen LogP contribution is 2.29. The molecule has 2 heterocycles. The van der Waals surface area contributed by atoms with Crippen LogP contribution in [0.3, 0.4) is 0 Å². The number of carbonyl (C=O) groups is 2. The molecular weight excluding hydrogens is 276 g/mol. The zero-order valence-corrected chi connectivity index (χ0v) is 10.5. The first-order valence-corrected chi connectivity index (χ1v) is 5.88. The third-order valence-corrected chi connectivity index (χ3v) is 3.47. The highest BCUT2D eigenvalue weighted by molar-refractivity contribution is 6.01. The van der Waals surface area contributed by atoms with E-state index in [1.165, 1.54) is 0 Å². The maximum atomic E-state index is 11.7. The van der Waals surface area contributed by atoms with Crippen LogP contribution in [0.5, 0.6) is 0 Å². The first-order valence-electron chi connectivity index (χ1n) is 5.88. The standard InChI is InChI=1S/C10H16N2O8/c1-10(19)7(16)11-9(18)12(8(10)17)6-5(15)4(14)3(2-13)20-6/h3-6,8,13-15,17,19H,2H2,1H3,(H,11,16,18)/t3-,4-,5-,6-,8-,10-/m1/s1. The van der Waals surface area contributed by atoms with E-state index in [1.54, 1.807) is 5.32 Å². The van der Waals surface area contributed by atoms with E-state index < -0.39 is 54.9 Å². The molecule has 0 saturated carbocycles. The Labute approximate surface area is 113 Å². The number of carbonyl (C=O) groups excluding carboxylic acids is 2. The quantitative estimate of drug-likeness (QED) is 0.300. The summed E-state index contributed by atoms with van der Waals surface area (Å²) in [7, 11) is 0. The third kappa shape index (κ3) is 2.06. The molecule has 0 radical (unpaired) electrons. The minimum absolute atomic E-state index is 0.505. The lowest BCUT2D eigenvalue weighted by atomic mass is 9.99. The molecule has 0 aromatic rings. The topological polar surface area (TPSA) is 160 Å². The van der Waals surface area contributed by atoms with Gasteiger partial charge >= 0.3 is 6.03 Å². The summed E-state index contributed by atoms with van der Waals surface area (Å²) in [6, 6.07) is -1.09. The first kappa shape index (κ1) is 15.1. The normalized spacial score (nSPS) is 45.7. The number of nitrogens with one attached hydrogen (secondary N) is 1. The molecule has 0 spiro atoms. The van der Waals surface area contributed by atoms with Crippen LogP contribution in [0.4, 0.5) is 4.79 Å². The summed E-state index contributed by atoms with van der Waals surface area (Å²) in [6.07, 6.45) is -7.74.